The molecule has 0 spiro atoms. The van der Waals surface area contributed by atoms with Crippen molar-refractivity contribution in [3.63, 3.8) is 0 Å². The quantitative estimate of drug-likeness (QED) is 0.770. The van der Waals surface area contributed by atoms with Gasteiger partial charge >= 0.3 is 0 Å². The van der Waals surface area contributed by atoms with Crippen LogP contribution in [-0.4, -0.2) is 64.4 Å². The highest BCUT2D eigenvalue weighted by Crippen LogP contribution is 2.31. The minimum absolute atomic E-state index is 0.0653. The lowest BCUT2D eigenvalue weighted by molar-refractivity contribution is -0.127. The van der Waals surface area contributed by atoms with E-state index in [1.54, 1.807) is 29.8 Å². The standard InChI is InChI=1S/C19H26N6OS/c1-14-13-27-19(22-14)23-18-17(20-8-9-21-18)15-6-4-11-25(12-15)16(26)7-5-10-24(2)3/h5,7-9,13,15H,4,6,10-12H2,1-3H3,(H,21,22,23)/b7-5+/t15-/m1/s1. The number of thiazole rings is 1. The average Bonchev–Trinajstić information content (AvgIpc) is 3.06. The highest BCUT2D eigenvalue weighted by atomic mass is 32.1. The van der Waals surface area contributed by atoms with Gasteiger partial charge in [-0.25, -0.2) is 9.97 Å². The lowest BCUT2D eigenvalue weighted by atomic mass is 9.94. The maximum absolute atomic E-state index is 12.5. The van der Waals surface area contributed by atoms with Gasteiger partial charge in [-0.05, 0) is 33.9 Å². The van der Waals surface area contributed by atoms with Gasteiger partial charge in [0.15, 0.2) is 10.9 Å². The van der Waals surface area contributed by atoms with Crippen molar-refractivity contribution in [2.75, 3.05) is 39.0 Å². The number of carbonyl (C=O) groups is 1. The van der Waals surface area contributed by atoms with Crippen molar-refractivity contribution in [3.05, 3.63) is 41.3 Å². The Balaban J connectivity index is 1.71. The van der Waals surface area contributed by atoms with Gasteiger partial charge in [0.1, 0.15) is 0 Å². The molecule has 1 amide bonds. The molecule has 3 rings (SSSR count). The minimum Gasteiger partial charge on any atom is -0.338 e. The van der Waals surface area contributed by atoms with E-state index in [2.05, 4.69) is 20.3 Å². The number of likely N-dealkylation sites (tertiary alicyclic amines) is 1. The lowest BCUT2D eigenvalue weighted by Gasteiger charge is -2.32. The van der Waals surface area contributed by atoms with Crippen molar-refractivity contribution < 1.29 is 4.79 Å². The number of likely N-dealkylation sites (N-methyl/N-ethyl adjacent to an activating group) is 1. The maximum Gasteiger partial charge on any atom is 0.246 e. The Morgan fingerprint density at radius 2 is 2.22 bits per heavy atom. The van der Waals surface area contributed by atoms with E-state index in [1.165, 1.54) is 0 Å². The minimum atomic E-state index is 0.0653. The molecule has 1 N–H and O–H groups in total. The van der Waals surface area contributed by atoms with Gasteiger partial charge in [0.05, 0.1) is 11.4 Å². The summed E-state index contributed by atoms with van der Waals surface area (Å²) >= 11 is 1.55. The van der Waals surface area contributed by atoms with Gasteiger partial charge in [-0.3, -0.25) is 9.78 Å². The van der Waals surface area contributed by atoms with Crippen LogP contribution in [0.3, 0.4) is 0 Å². The Kier molecular flexibility index (Phi) is 6.52. The van der Waals surface area contributed by atoms with Gasteiger partial charge in [-0.1, -0.05) is 6.08 Å². The number of hydrogen-bond acceptors (Lipinski definition) is 7. The summed E-state index contributed by atoms with van der Waals surface area (Å²) in [5.41, 5.74) is 1.88. The topological polar surface area (TPSA) is 74.2 Å². The van der Waals surface area contributed by atoms with Crippen LogP contribution in [0.2, 0.25) is 0 Å². The number of aryl methyl sites for hydroxylation is 1. The van der Waals surface area contributed by atoms with Crippen LogP contribution >= 0.6 is 11.3 Å². The summed E-state index contributed by atoms with van der Waals surface area (Å²) in [6.45, 7) is 4.17. The monoisotopic (exact) mass is 386 g/mol. The molecule has 0 aliphatic carbocycles. The molecule has 1 saturated heterocycles. The van der Waals surface area contributed by atoms with E-state index in [9.17, 15) is 4.79 Å². The molecule has 0 radical (unpaired) electrons. The molecule has 1 aliphatic heterocycles. The average molecular weight is 387 g/mol. The number of nitrogens with zero attached hydrogens (tertiary/aromatic N) is 5. The van der Waals surface area contributed by atoms with Gasteiger partial charge in [0.2, 0.25) is 5.91 Å². The van der Waals surface area contributed by atoms with Crippen molar-refractivity contribution in [1.29, 1.82) is 0 Å². The van der Waals surface area contributed by atoms with E-state index >= 15 is 0 Å². The first-order valence-electron chi connectivity index (χ1n) is 9.13. The fourth-order valence-electron chi connectivity index (χ4n) is 3.13. The summed E-state index contributed by atoms with van der Waals surface area (Å²) in [4.78, 5) is 29.9. The summed E-state index contributed by atoms with van der Waals surface area (Å²) in [6.07, 6.45) is 8.94. The molecular weight excluding hydrogens is 360 g/mol. The highest BCUT2D eigenvalue weighted by Gasteiger charge is 2.27. The number of carbonyl (C=O) groups excluding carboxylic acids is 1. The number of anilines is 2. The summed E-state index contributed by atoms with van der Waals surface area (Å²) < 4.78 is 0. The second-order valence-electron chi connectivity index (χ2n) is 7.00. The first kappa shape index (κ1) is 19.4. The first-order valence-corrected chi connectivity index (χ1v) is 10.0. The van der Waals surface area contributed by atoms with E-state index in [4.69, 9.17) is 0 Å². The molecule has 1 atom stereocenters. The van der Waals surface area contributed by atoms with Gasteiger partial charge in [0.25, 0.3) is 0 Å². The largest absolute Gasteiger partial charge is 0.338 e. The Labute approximate surface area is 164 Å². The molecule has 0 saturated carbocycles. The molecule has 0 aromatic carbocycles. The molecule has 144 valence electrons. The molecule has 3 heterocycles. The van der Waals surface area contributed by atoms with Crippen molar-refractivity contribution in [2.24, 2.45) is 0 Å². The summed E-state index contributed by atoms with van der Waals surface area (Å²) in [5.74, 6) is 0.965. The summed E-state index contributed by atoms with van der Waals surface area (Å²) in [7, 11) is 3.97. The zero-order valence-corrected chi connectivity index (χ0v) is 16.9. The van der Waals surface area contributed by atoms with Crippen LogP contribution in [0, 0.1) is 6.92 Å². The summed E-state index contributed by atoms with van der Waals surface area (Å²) in [6, 6.07) is 0. The van der Waals surface area contributed by atoms with Crippen LogP contribution in [0.25, 0.3) is 0 Å². The Bertz CT molecular complexity index is 803. The van der Waals surface area contributed by atoms with Crippen molar-refractivity contribution in [1.82, 2.24) is 24.8 Å². The number of amides is 1. The maximum atomic E-state index is 12.5. The first-order chi connectivity index (χ1) is 13.0. The molecular formula is C19H26N6OS. The number of nitrogens with one attached hydrogen (secondary N) is 1. The number of hydrogen-bond donors (Lipinski definition) is 1. The number of piperidine rings is 1. The van der Waals surface area contributed by atoms with Crippen molar-refractivity contribution in [2.45, 2.75) is 25.7 Å². The van der Waals surface area contributed by atoms with E-state index < -0.39 is 0 Å². The fourth-order valence-corrected chi connectivity index (χ4v) is 3.81. The van der Waals surface area contributed by atoms with Crippen LogP contribution < -0.4 is 5.32 Å². The van der Waals surface area contributed by atoms with Gasteiger partial charge in [0, 0.05) is 49.4 Å². The molecule has 2 aromatic heterocycles. The predicted molar refractivity (Wildman–Crippen MR) is 108 cm³/mol. The number of rotatable bonds is 6. The van der Waals surface area contributed by atoms with Crippen molar-refractivity contribution in [3.8, 4) is 0 Å². The summed E-state index contributed by atoms with van der Waals surface area (Å²) in [5, 5.41) is 6.10. The van der Waals surface area contributed by atoms with E-state index in [1.807, 2.05) is 42.3 Å². The molecule has 0 bridgehead atoms. The lowest BCUT2D eigenvalue weighted by Crippen LogP contribution is -2.38. The second kappa shape index (κ2) is 9.05. The Morgan fingerprint density at radius 1 is 1.41 bits per heavy atom. The molecule has 0 unspecified atom stereocenters. The zero-order valence-electron chi connectivity index (χ0n) is 16.1. The smallest absolute Gasteiger partial charge is 0.246 e. The third-order valence-corrected chi connectivity index (χ3v) is 5.30. The number of aromatic nitrogens is 3. The second-order valence-corrected chi connectivity index (χ2v) is 7.86. The van der Waals surface area contributed by atoms with Crippen LogP contribution in [-0.2, 0) is 4.79 Å². The van der Waals surface area contributed by atoms with Gasteiger partial charge < -0.3 is 15.1 Å². The normalized spacial score (nSPS) is 17.6. The van der Waals surface area contributed by atoms with Gasteiger partial charge in [-0.2, -0.15) is 0 Å². The third kappa shape index (κ3) is 5.33. The van der Waals surface area contributed by atoms with E-state index in [0.717, 1.165) is 48.3 Å². The van der Waals surface area contributed by atoms with Crippen molar-refractivity contribution >= 4 is 28.2 Å². The SMILES string of the molecule is Cc1csc(Nc2nccnc2[C@@H]2CCCN(C(=O)/C=C/CN(C)C)C2)n1. The van der Waals surface area contributed by atoms with E-state index in [0.29, 0.717) is 6.54 Å². The molecule has 27 heavy (non-hydrogen) atoms. The molecule has 2 aromatic rings. The molecule has 1 fully saturated rings. The van der Waals surface area contributed by atoms with E-state index in [-0.39, 0.29) is 11.8 Å². The highest BCUT2D eigenvalue weighted by molar-refractivity contribution is 7.13. The third-order valence-electron chi connectivity index (χ3n) is 4.42. The van der Waals surface area contributed by atoms with Crippen LogP contribution in [0.1, 0.15) is 30.1 Å². The zero-order chi connectivity index (χ0) is 19.2. The molecule has 8 heteroatoms. The van der Waals surface area contributed by atoms with Crippen LogP contribution in [0.5, 0.6) is 0 Å². The van der Waals surface area contributed by atoms with Crippen LogP contribution in [0.15, 0.2) is 29.9 Å². The Hall–Kier alpha value is -2.32. The molecule has 7 nitrogen and oxygen atoms in total. The molecule has 1 aliphatic rings. The predicted octanol–water partition coefficient (Wildman–Crippen LogP) is 2.81. The van der Waals surface area contributed by atoms with Gasteiger partial charge in [-0.15, -0.1) is 11.3 Å². The van der Waals surface area contributed by atoms with Crippen LogP contribution in [0.4, 0.5) is 10.9 Å². The fraction of sp³-hybridized carbons (Fsp3) is 0.474. The Morgan fingerprint density at radius 3 is 2.96 bits per heavy atom.